The zero-order chi connectivity index (χ0) is 86.0. The average molecular weight is 1660 g/mol. The minimum absolute atomic E-state index is 0.0682. The minimum atomic E-state index is -2.02. The zero-order valence-electron chi connectivity index (χ0n) is 63.7. The molecule has 0 bridgehead atoms. The zero-order valence-corrected chi connectivity index (χ0v) is 65.3. The number of aliphatic hydroxyl groups excluding tert-OH is 2. The van der Waals surface area contributed by atoms with E-state index in [-0.39, 0.29) is 54.5 Å². The van der Waals surface area contributed by atoms with Crippen molar-refractivity contribution in [3.05, 3.63) is 95.7 Å². The summed E-state index contributed by atoms with van der Waals surface area (Å²) < 4.78 is 0. The lowest BCUT2D eigenvalue weighted by Gasteiger charge is -2.28. The van der Waals surface area contributed by atoms with Crippen LogP contribution in [0.2, 0.25) is 0 Å². The largest absolute Gasteiger partial charge is 0.508 e. The Hall–Kier alpha value is -12.3. The Morgan fingerprint density at radius 2 is 0.905 bits per heavy atom. The number of fused-ring (bicyclic) bond motifs is 1. The number of primary amides is 3. The number of aromatic amines is 1. The number of aromatic nitrogens is 1. The van der Waals surface area contributed by atoms with Gasteiger partial charge in [0.2, 0.25) is 94.5 Å². The normalized spacial score (nSPS) is 23.7. The number of carbonyl (C=O) groups is 17. The molecular formula is C72H100N20O22S2. The lowest BCUT2D eigenvalue weighted by atomic mass is 10.00. The van der Waals surface area contributed by atoms with Crippen molar-refractivity contribution in [2.45, 2.75) is 177 Å². The Bertz CT molecular complexity index is 4190. The number of carboxylic acids is 1. The van der Waals surface area contributed by atoms with Crippen LogP contribution in [-0.4, -0.2) is 247 Å². The van der Waals surface area contributed by atoms with E-state index in [0.29, 0.717) is 22.0 Å². The average Bonchev–Trinajstić information content (AvgIpc) is 1.52. The molecule has 116 heavy (non-hydrogen) atoms. The maximum Gasteiger partial charge on any atom is 0.305 e. The van der Waals surface area contributed by atoms with Crippen LogP contribution in [0.5, 0.6) is 11.5 Å². The number of phenolic OH excluding ortho intramolecular Hbond substituents is 2. The Labute approximate surface area is 672 Å². The fourth-order valence-corrected chi connectivity index (χ4v) is 13.9. The first-order valence-electron chi connectivity index (χ1n) is 36.5. The number of aliphatic carboxylic acids is 1. The van der Waals surface area contributed by atoms with Crippen molar-refractivity contribution in [1.82, 2.24) is 79.4 Å². The van der Waals surface area contributed by atoms with Crippen molar-refractivity contribution in [1.29, 1.82) is 5.41 Å². The van der Waals surface area contributed by atoms with Crippen LogP contribution in [0.4, 0.5) is 0 Å². The number of carbonyl (C=O) groups excluding carboxylic acids is 16. The summed E-state index contributed by atoms with van der Waals surface area (Å²) in [7, 11) is 1.65. The molecule has 42 nitrogen and oxygen atoms in total. The lowest BCUT2D eigenvalue weighted by molar-refractivity contribution is -0.141. The molecule has 632 valence electrons. The van der Waals surface area contributed by atoms with Gasteiger partial charge in [0.05, 0.1) is 19.6 Å². The van der Waals surface area contributed by atoms with Crippen molar-refractivity contribution in [2.75, 3.05) is 31.3 Å². The van der Waals surface area contributed by atoms with E-state index in [2.05, 4.69) is 79.4 Å². The molecule has 13 atom stereocenters. The highest BCUT2D eigenvalue weighted by atomic mass is 33.1. The molecular weight excluding hydrogens is 1560 g/mol. The van der Waals surface area contributed by atoms with Crippen LogP contribution < -0.4 is 97.4 Å². The molecule has 8 unspecified atom stereocenters. The van der Waals surface area contributed by atoms with E-state index < -0.39 is 255 Å². The summed E-state index contributed by atoms with van der Waals surface area (Å²) in [6, 6.07) is -5.76. The molecule has 0 spiro atoms. The summed E-state index contributed by atoms with van der Waals surface area (Å²) in [5.41, 5.74) is 23.7. The van der Waals surface area contributed by atoms with Gasteiger partial charge in [-0.1, -0.05) is 77.9 Å². The summed E-state index contributed by atoms with van der Waals surface area (Å²) in [4.78, 5) is 239. The summed E-state index contributed by atoms with van der Waals surface area (Å²) in [6.07, 6.45) is -3.84. The second kappa shape index (κ2) is 46.8. The molecule has 16 amide bonds. The van der Waals surface area contributed by atoms with Gasteiger partial charge in [0, 0.05) is 74.2 Å². The van der Waals surface area contributed by atoms with Crippen molar-refractivity contribution < 1.29 is 107 Å². The minimum Gasteiger partial charge on any atom is -0.508 e. The number of phenols is 2. The molecule has 29 N–H and O–H groups in total. The van der Waals surface area contributed by atoms with E-state index in [9.17, 15) is 102 Å². The molecule has 3 aromatic carbocycles. The second-order valence-electron chi connectivity index (χ2n) is 27.5. The second-order valence-corrected chi connectivity index (χ2v) is 30.1. The highest BCUT2D eigenvalue weighted by molar-refractivity contribution is 8.76. The Morgan fingerprint density at radius 1 is 0.500 bits per heavy atom. The number of para-hydroxylation sites is 1. The smallest absolute Gasteiger partial charge is 0.305 e. The van der Waals surface area contributed by atoms with Gasteiger partial charge in [-0.15, -0.1) is 0 Å². The molecule has 5 rings (SSSR count). The highest BCUT2D eigenvalue weighted by Gasteiger charge is 2.39. The van der Waals surface area contributed by atoms with Crippen LogP contribution in [0.15, 0.2) is 79.0 Å². The summed E-state index contributed by atoms with van der Waals surface area (Å²) in [5, 5.41) is 93.8. The fourth-order valence-electron chi connectivity index (χ4n) is 11.5. The number of aliphatic hydroxyl groups is 2. The predicted molar refractivity (Wildman–Crippen MR) is 418 cm³/mol. The molecule has 44 heteroatoms. The van der Waals surface area contributed by atoms with Gasteiger partial charge in [0.1, 0.15) is 90.0 Å². The number of hydrogen-bond donors (Lipinski definition) is 25. The predicted octanol–water partition coefficient (Wildman–Crippen LogP) is -6.87. The van der Waals surface area contributed by atoms with Gasteiger partial charge < -0.3 is 128 Å². The van der Waals surface area contributed by atoms with Crippen LogP contribution in [0.1, 0.15) is 95.8 Å². The Kier molecular flexibility index (Phi) is 38.0. The van der Waals surface area contributed by atoms with Crippen LogP contribution in [0.25, 0.3) is 10.9 Å². The first kappa shape index (κ1) is 94.3. The topological polar surface area (TPSA) is 703 Å². The number of benzene rings is 3. The van der Waals surface area contributed by atoms with Crippen LogP contribution in [-0.2, 0) is 101 Å². The molecule has 4 aromatic rings. The van der Waals surface area contributed by atoms with Crippen molar-refractivity contribution >= 4 is 139 Å². The molecule has 1 fully saturated rings. The third-order valence-electron chi connectivity index (χ3n) is 17.6. The third-order valence-corrected chi connectivity index (χ3v) is 20.1. The SMILES string of the molecule is CC(=O)NC1CSSC[C@@H](C(N)=O)NC(=O)C(CC(=O)O)NC(=O)[C@H](C)NC(=O)C(CCC(N)=O)NC(=O)C(CO)NC(=O)[C@H](Cc2ccc(O)cc2)NC(=O)C(CCCNC(=N)N)NC(=O)[C@H](Cc2c[nH]c3ccccc23)NC(=O)C(CO)NC(=O)[C@H](CCC(N)=O)NC(=O)C(Cc2ccc(O)cc2)NC(=O)C(CC(C)C)NC1=O. The number of H-pyrrole nitrogens is 1. The van der Waals surface area contributed by atoms with Gasteiger partial charge in [-0.3, -0.25) is 86.9 Å². The Balaban J connectivity index is 1.64. The molecule has 0 aliphatic carbocycles. The molecule has 0 saturated carbocycles. The van der Waals surface area contributed by atoms with Crippen molar-refractivity contribution in [3.8, 4) is 11.5 Å². The van der Waals surface area contributed by atoms with Gasteiger partial charge in [0.25, 0.3) is 0 Å². The molecule has 1 aliphatic rings. The number of guanidine groups is 1. The molecule has 1 aliphatic heterocycles. The maximum atomic E-state index is 15.1. The number of hydrogen-bond acceptors (Lipinski definition) is 24. The van der Waals surface area contributed by atoms with E-state index in [4.69, 9.17) is 28.3 Å². The van der Waals surface area contributed by atoms with Gasteiger partial charge in [0.15, 0.2) is 5.96 Å². The first-order chi connectivity index (χ1) is 54.8. The number of carboxylic acid groups (broad SMARTS) is 1. The summed E-state index contributed by atoms with van der Waals surface area (Å²) >= 11 is 0. The van der Waals surface area contributed by atoms with Crippen molar-refractivity contribution in [3.63, 3.8) is 0 Å². The molecule has 2 heterocycles. The number of aromatic hydroxyl groups is 2. The van der Waals surface area contributed by atoms with E-state index in [1.807, 2.05) is 0 Å². The van der Waals surface area contributed by atoms with E-state index in [1.165, 1.54) is 54.7 Å². The van der Waals surface area contributed by atoms with E-state index in [0.717, 1.165) is 35.4 Å². The van der Waals surface area contributed by atoms with E-state index in [1.54, 1.807) is 38.1 Å². The van der Waals surface area contributed by atoms with Crippen LogP contribution in [0, 0.1) is 11.3 Å². The lowest BCUT2D eigenvalue weighted by Crippen LogP contribution is -2.62. The highest BCUT2D eigenvalue weighted by Crippen LogP contribution is 2.25. The molecule has 1 saturated heterocycles. The molecule has 0 radical (unpaired) electrons. The Morgan fingerprint density at radius 3 is 1.36 bits per heavy atom. The maximum absolute atomic E-state index is 15.1. The summed E-state index contributed by atoms with van der Waals surface area (Å²) in [6.45, 7) is 2.95. The number of amides is 16. The number of nitrogens with one attached hydrogen (secondary N) is 16. The quantitative estimate of drug-likeness (QED) is 0.0134. The summed E-state index contributed by atoms with van der Waals surface area (Å²) in [5.74, 6) is -21.7. The van der Waals surface area contributed by atoms with Crippen LogP contribution >= 0.6 is 21.6 Å². The third kappa shape index (κ3) is 31.9. The molecule has 1 aromatic heterocycles. The van der Waals surface area contributed by atoms with Gasteiger partial charge in [-0.2, -0.15) is 0 Å². The monoisotopic (exact) mass is 1660 g/mol. The van der Waals surface area contributed by atoms with E-state index >= 15 is 4.79 Å². The first-order valence-corrected chi connectivity index (χ1v) is 39.0. The van der Waals surface area contributed by atoms with Gasteiger partial charge >= 0.3 is 5.97 Å². The van der Waals surface area contributed by atoms with Gasteiger partial charge in [-0.25, -0.2) is 0 Å². The number of nitrogens with two attached hydrogens (primary N) is 4. The van der Waals surface area contributed by atoms with Crippen LogP contribution in [0.3, 0.4) is 0 Å². The number of rotatable bonds is 24. The standard InChI is InChI=1S/C72H100N20O22S2/c1-34(2)24-47-64(107)88-48(25-37-11-15-40(96)16-12-37)65(108)83-46(20-22-57(74)99)63(106)90-53(31-94)70(113)89-50(27-39-29-79-43-9-6-5-8-42(39)43)67(110)82-44(10-7-23-78-72(76)77)62(105)87-49(26-38-13-17-41(97)18-14-38)66(109)91-52(30-93)69(112)84-45(19-21-56(73)98)61(104)80-35(3)60(103)85-51(28-58(100)101)68(111)92-54(59(75)102)32-115-116-33-55(71(114)86-47)81-36(4)95/h5-6,8-9,11-18,29,34-35,44-55,79,93-94,96-97H,7,10,19-28,30-33H2,1-4H3,(H2,73,98)(H2,74,99)(H2,75,102)(H,80,104)(H,81,95)(H,82,110)(H,83,108)(H,84,112)(H,85,103)(H,86,114)(H,87,105)(H,88,107)(H,89,113)(H,90,106)(H,91,109)(H,92,111)(H,100,101)(H4,76,77,78)/t35-,44?,45?,46-,47?,48?,49-,50-,51?,52?,53?,54-,55?/m0/s1. The van der Waals surface area contributed by atoms with Crippen molar-refractivity contribution in [2.24, 2.45) is 28.9 Å². The fraction of sp³-hybridized carbons (Fsp3) is 0.472. The van der Waals surface area contributed by atoms with Gasteiger partial charge in [-0.05, 0) is 92.0 Å².